The molecule has 0 saturated carbocycles. The first kappa shape index (κ1) is 96.6. The zero-order chi connectivity index (χ0) is 98.5. The van der Waals surface area contributed by atoms with Gasteiger partial charge in [0.1, 0.15) is 59.0 Å². The molecular weight excluding hydrogens is 1730 g/mol. The number of halogens is 2. The van der Waals surface area contributed by atoms with Crippen molar-refractivity contribution in [3.05, 3.63) is 283 Å². The quantitative estimate of drug-likeness (QED) is 0.0886. The van der Waals surface area contributed by atoms with Crippen LogP contribution in [0, 0.1) is 67.0 Å². The monoisotopic (exact) mass is 1850 g/mol. The summed E-state index contributed by atoms with van der Waals surface area (Å²) in [6, 6.07) is 53.2. The molecule has 18 heteroatoms. The average molecular weight is 1850 g/mol. The molecule has 0 aliphatic carbocycles. The van der Waals surface area contributed by atoms with Crippen LogP contribution in [0.2, 0.25) is 0 Å². The molecule has 0 amide bonds. The lowest BCUT2D eigenvalue weighted by Crippen LogP contribution is -2.27. The molecule has 708 valence electrons. The fraction of sp³-hybridized carbons (Fsp3) is 0.333. The number of ketones is 4. The minimum absolute atomic E-state index is 0.00898. The number of nitrogens with zero attached hydrogens (tertiary/aromatic N) is 4. The number of hydrogen-bond donors (Lipinski definition) is 0. The highest BCUT2D eigenvalue weighted by molar-refractivity contribution is 6.14. The standard InChI is InChI=1S/2C30H30FNO3.2C30H31NO3/c2*1-16-7-8-20-22(15-16)27(31)17(2)24(29(18(3)33)35-30(4,5)6)26(20)21-9-10-23-25-19(12-14-34-23)11-13-32-28(21)25;1-17-7-8-22-21(15-17)16-18(2)25(29(19(3)32)34-30(4,5)6)27(22)23-9-10-24-26-20(12-14-33-24)11-13-31-28(23)26;1-17-7-8-21-16-18(2)25(29(19(3)32)34-30(4,5)6)27(23(21)15-17)22-9-10-24-26-20(12-14-33-24)11-13-31-28(22)26/h2*7-11,13,15,29H,12,14H2,1-6H3;2*7-11,13,15-16,29H,12,14H2,1-6H3/t4*29-/m1111/s1. The molecule has 20 rings (SSSR count). The molecule has 16 aromatic rings. The van der Waals surface area contributed by atoms with E-state index in [-0.39, 0.29) is 34.8 Å². The van der Waals surface area contributed by atoms with E-state index >= 15 is 8.78 Å². The third-order valence-corrected chi connectivity index (χ3v) is 26.2. The third-order valence-electron chi connectivity index (χ3n) is 26.2. The van der Waals surface area contributed by atoms with Crippen LogP contribution in [0.15, 0.2) is 183 Å². The number of hydrogen-bond acceptors (Lipinski definition) is 16. The molecule has 4 aliphatic heterocycles. The molecule has 16 nitrogen and oxygen atoms in total. The number of aromatic nitrogens is 4. The van der Waals surface area contributed by atoms with Gasteiger partial charge >= 0.3 is 0 Å². The van der Waals surface area contributed by atoms with Crippen LogP contribution in [0.1, 0.15) is 224 Å². The maximum Gasteiger partial charge on any atom is 0.163 e. The Kier molecular flexibility index (Phi) is 26.4. The normalized spacial score (nSPS) is 14.3. The van der Waals surface area contributed by atoms with Gasteiger partial charge in [-0.3, -0.25) is 39.1 Å². The van der Waals surface area contributed by atoms with Crippen molar-refractivity contribution < 1.29 is 65.9 Å². The van der Waals surface area contributed by atoms with Gasteiger partial charge in [-0.15, -0.1) is 0 Å². The molecule has 0 saturated heterocycles. The maximum absolute atomic E-state index is 15.9. The van der Waals surface area contributed by atoms with Crippen LogP contribution in [-0.4, -0.2) is 91.9 Å². The van der Waals surface area contributed by atoms with Crippen LogP contribution in [0.4, 0.5) is 8.78 Å². The van der Waals surface area contributed by atoms with Crippen molar-refractivity contribution in [1.82, 2.24) is 19.9 Å². The highest BCUT2D eigenvalue weighted by atomic mass is 19.1. The van der Waals surface area contributed by atoms with E-state index in [4.69, 9.17) is 57.8 Å². The average Bonchev–Trinajstić information content (AvgIpc) is 0.742. The molecule has 4 atom stereocenters. The fourth-order valence-electron chi connectivity index (χ4n) is 20.5. The molecule has 0 fully saturated rings. The lowest BCUT2D eigenvalue weighted by molar-refractivity contribution is -0.139. The third kappa shape index (κ3) is 18.9. The van der Waals surface area contributed by atoms with E-state index < -0.39 is 46.8 Å². The van der Waals surface area contributed by atoms with Gasteiger partial charge in [-0.25, -0.2) is 8.78 Å². The van der Waals surface area contributed by atoms with Gasteiger partial charge in [0.15, 0.2) is 23.1 Å². The number of benzene rings is 12. The van der Waals surface area contributed by atoms with Crippen LogP contribution in [0.5, 0.6) is 23.0 Å². The predicted molar refractivity (Wildman–Crippen MR) is 550 cm³/mol. The van der Waals surface area contributed by atoms with E-state index in [0.717, 1.165) is 202 Å². The first-order valence-corrected chi connectivity index (χ1v) is 47.8. The molecule has 8 heterocycles. The number of rotatable bonds is 16. The Bertz CT molecular complexity index is 7430. The van der Waals surface area contributed by atoms with Gasteiger partial charge in [0.25, 0.3) is 0 Å². The second-order valence-corrected chi connectivity index (χ2v) is 41.5. The topological polar surface area (TPSA) is 194 Å². The number of aryl methyl sites for hydroxylation is 6. The molecule has 138 heavy (non-hydrogen) atoms. The van der Waals surface area contributed by atoms with Gasteiger partial charge in [0.05, 0.1) is 70.9 Å². The number of fused-ring (bicyclic) bond motifs is 4. The molecule has 4 aliphatic rings. The Morgan fingerprint density at radius 2 is 0.558 bits per heavy atom. The lowest BCUT2D eigenvalue weighted by atomic mass is 9.84. The Hall–Kier alpha value is -13.1. The number of carbonyl (C=O) groups is 4. The number of carbonyl (C=O) groups excluding carboxylic acids is 4. The highest BCUT2D eigenvalue weighted by Crippen LogP contribution is 2.53. The van der Waals surface area contributed by atoms with Crippen molar-refractivity contribution >= 4 is 110 Å². The number of pyridine rings is 4. The predicted octanol–water partition coefficient (Wildman–Crippen LogP) is 28.5. The van der Waals surface area contributed by atoms with Crippen molar-refractivity contribution in [2.45, 2.75) is 239 Å². The van der Waals surface area contributed by atoms with Crippen molar-refractivity contribution in [2.75, 3.05) is 26.4 Å². The summed E-state index contributed by atoms with van der Waals surface area (Å²) in [5.74, 6) is 2.32. The van der Waals surface area contributed by atoms with Crippen molar-refractivity contribution in [3.8, 4) is 67.5 Å². The smallest absolute Gasteiger partial charge is 0.163 e. The number of ether oxygens (including phenoxy) is 8. The molecule has 0 bridgehead atoms. The molecule has 4 aromatic heterocycles. The van der Waals surface area contributed by atoms with Gasteiger partial charge in [0, 0.05) is 116 Å². The van der Waals surface area contributed by atoms with Crippen LogP contribution >= 0.6 is 0 Å². The van der Waals surface area contributed by atoms with Crippen molar-refractivity contribution in [3.63, 3.8) is 0 Å². The first-order valence-electron chi connectivity index (χ1n) is 47.8. The Morgan fingerprint density at radius 3 is 0.862 bits per heavy atom. The SMILES string of the molecule is CC(=O)[C@@H](OC(C)(C)C)c1c(C)c(F)c2cc(C)ccc2c1-c1ccc2c3c(ccnc13)CCO2.CC(=O)[C@@H](OC(C)(C)C)c1c(C)c(F)c2cc(C)ccc2c1-c1ccc2c3c(ccnc13)CCO2.CC(=O)[C@@H](OC(C)(C)C)c1c(C)cc2cc(C)ccc2c1-c1ccc2c3c(ccnc13)CCO2.CC(=O)[C@@H](OC(C)(C)C)c1c(C)cc2ccc(C)cc2c1-c1ccc2c3c(ccnc13)CCO2. The highest BCUT2D eigenvalue weighted by Gasteiger charge is 2.39. The summed E-state index contributed by atoms with van der Waals surface area (Å²) in [4.78, 5) is 71.2. The van der Waals surface area contributed by atoms with E-state index in [1.54, 1.807) is 27.7 Å². The summed E-state index contributed by atoms with van der Waals surface area (Å²) in [5.41, 5.74) is 23.5. The second-order valence-electron chi connectivity index (χ2n) is 41.5. The van der Waals surface area contributed by atoms with Crippen LogP contribution in [0.25, 0.3) is 131 Å². The Balaban J connectivity index is 0.000000127. The summed E-state index contributed by atoms with van der Waals surface area (Å²) in [7, 11) is 0. The molecule has 12 aromatic carbocycles. The fourth-order valence-corrected chi connectivity index (χ4v) is 20.5. The van der Waals surface area contributed by atoms with Crippen LogP contribution < -0.4 is 18.9 Å². The van der Waals surface area contributed by atoms with Crippen LogP contribution in [-0.2, 0) is 63.8 Å². The molecule has 0 unspecified atom stereocenters. The summed E-state index contributed by atoms with van der Waals surface area (Å²) in [5, 5.41) is 11.1. The zero-order valence-corrected chi connectivity index (χ0v) is 83.7. The van der Waals surface area contributed by atoms with E-state index in [1.807, 2.05) is 207 Å². The van der Waals surface area contributed by atoms with E-state index in [1.165, 1.54) is 47.2 Å². The van der Waals surface area contributed by atoms with Gasteiger partial charge in [-0.1, -0.05) is 95.1 Å². The first-order chi connectivity index (χ1) is 65.4. The minimum atomic E-state index is -0.924. The van der Waals surface area contributed by atoms with Crippen molar-refractivity contribution in [2.24, 2.45) is 0 Å². The summed E-state index contributed by atoms with van der Waals surface area (Å²) >= 11 is 0. The zero-order valence-electron chi connectivity index (χ0n) is 83.7. The van der Waals surface area contributed by atoms with Gasteiger partial charge in [0.2, 0.25) is 0 Å². The van der Waals surface area contributed by atoms with E-state index in [0.29, 0.717) is 59.5 Å². The van der Waals surface area contributed by atoms with Crippen LogP contribution in [0.3, 0.4) is 0 Å². The Morgan fingerprint density at radius 1 is 0.297 bits per heavy atom. The lowest BCUT2D eigenvalue weighted by Gasteiger charge is -2.30. The summed E-state index contributed by atoms with van der Waals surface area (Å²) in [6.45, 7) is 47.9. The molecule has 0 radical (unpaired) electrons. The summed E-state index contributed by atoms with van der Waals surface area (Å²) in [6.07, 6.45) is 7.50. The van der Waals surface area contributed by atoms with Gasteiger partial charge in [-0.2, -0.15) is 0 Å². The minimum Gasteiger partial charge on any atom is -0.493 e. The van der Waals surface area contributed by atoms with E-state index in [9.17, 15) is 19.2 Å². The summed E-state index contributed by atoms with van der Waals surface area (Å²) < 4.78 is 81.0. The molecular formula is C120H122F2N4O12. The largest absolute Gasteiger partial charge is 0.493 e. The van der Waals surface area contributed by atoms with Gasteiger partial charge < -0.3 is 37.9 Å². The second kappa shape index (κ2) is 37.7. The molecule has 0 N–H and O–H groups in total. The Labute approximate surface area is 806 Å². The molecule has 0 spiro atoms. The van der Waals surface area contributed by atoms with Crippen molar-refractivity contribution in [1.29, 1.82) is 0 Å². The number of Topliss-reactive ketones (excluding diaryl/α,β-unsaturated/α-hetero) is 4. The maximum atomic E-state index is 15.9. The van der Waals surface area contributed by atoms with Gasteiger partial charge in [-0.05, 0) is 361 Å². The van der Waals surface area contributed by atoms with E-state index in [2.05, 4.69) is 100 Å².